The summed E-state index contributed by atoms with van der Waals surface area (Å²) in [6.45, 7) is 5.00. The zero-order chi connectivity index (χ0) is 18.4. The molecule has 10 heteroatoms. The van der Waals surface area contributed by atoms with Gasteiger partial charge in [0.15, 0.2) is 0 Å². The lowest BCUT2D eigenvalue weighted by Gasteiger charge is -2.31. The molecule has 9 nitrogen and oxygen atoms in total. The van der Waals surface area contributed by atoms with E-state index in [1.165, 1.54) is 18.2 Å². The fraction of sp³-hybridized carbons (Fsp3) is 0.562. The van der Waals surface area contributed by atoms with Crippen LogP contribution >= 0.6 is 0 Å². The lowest BCUT2D eigenvalue weighted by Crippen LogP contribution is -2.70. The van der Waals surface area contributed by atoms with Gasteiger partial charge in [-0.05, 0) is 39.7 Å². The molecule has 1 aliphatic heterocycles. The van der Waals surface area contributed by atoms with E-state index < -0.39 is 27.8 Å². The standard InChI is InChI=1S/C16H22N2O6S.H2O/c1-16(2,3)24-15(19)18(11-8-9-12-14(11)23-12)25(21,22)13-7-5-4-6-10(13)17-20;/h4-7,11-12,14H,8-9,17H2,1-3H3;1H2/t11-,12-,14+;/m0./s1. The first kappa shape index (κ1) is 20.6. The van der Waals surface area contributed by atoms with Crippen LogP contribution in [0.15, 0.2) is 29.2 Å². The molecule has 0 bridgehead atoms. The van der Waals surface area contributed by atoms with Crippen LogP contribution in [0.1, 0.15) is 33.6 Å². The summed E-state index contributed by atoms with van der Waals surface area (Å²) < 4.78 is 37.9. The summed E-state index contributed by atoms with van der Waals surface area (Å²) in [6, 6.07) is 5.17. The Kier molecular flexibility index (Phi) is 5.64. The molecule has 1 saturated carbocycles. The van der Waals surface area contributed by atoms with Crippen molar-refractivity contribution in [3.05, 3.63) is 29.5 Å². The van der Waals surface area contributed by atoms with Crippen molar-refractivity contribution >= 4 is 21.8 Å². The number of rotatable bonds is 4. The minimum absolute atomic E-state index is 0. The third-order valence-electron chi connectivity index (χ3n) is 4.21. The van der Waals surface area contributed by atoms with E-state index in [9.17, 15) is 18.4 Å². The van der Waals surface area contributed by atoms with Crippen molar-refractivity contribution in [3.63, 3.8) is 0 Å². The Morgan fingerprint density at radius 2 is 1.96 bits per heavy atom. The van der Waals surface area contributed by atoms with Gasteiger partial charge in [0.2, 0.25) is 0 Å². The molecule has 3 rings (SSSR count). The highest BCUT2D eigenvalue weighted by atomic mass is 32.2. The molecule has 1 aromatic carbocycles. The lowest BCUT2D eigenvalue weighted by molar-refractivity contribution is -0.499. The van der Waals surface area contributed by atoms with Crippen molar-refractivity contribution in [2.24, 2.45) is 0 Å². The SMILES string of the molecule is CC(C)(C)OC(=O)N([C@H]1CC[C@@H]2O[C@@H]21)S(=O)(=O)c1ccccc1[NH2+][O-].O. The second-order valence-electron chi connectivity index (χ2n) is 7.22. The Morgan fingerprint density at radius 1 is 1.31 bits per heavy atom. The number of hydrogen-bond donors (Lipinski definition) is 1. The monoisotopic (exact) mass is 388 g/mol. The van der Waals surface area contributed by atoms with E-state index in [2.05, 4.69) is 0 Å². The zero-order valence-electron chi connectivity index (χ0n) is 14.8. The van der Waals surface area contributed by atoms with Crippen molar-refractivity contribution in [2.75, 3.05) is 0 Å². The summed E-state index contributed by atoms with van der Waals surface area (Å²) in [6.07, 6.45) is -0.0530. The molecule has 0 radical (unpaired) electrons. The van der Waals surface area contributed by atoms with E-state index in [1.807, 2.05) is 0 Å². The number of amides is 1. The molecule has 0 unspecified atom stereocenters. The number of epoxide rings is 1. The summed E-state index contributed by atoms with van der Waals surface area (Å²) in [7, 11) is -4.26. The largest absolute Gasteiger partial charge is 0.630 e. The molecular formula is C16H24N2O7S. The number of nitrogens with two attached hydrogens (primary N) is 1. The minimum atomic E-state index is -4.26. The summed E-state index contributed by atoms with van der Waals surface area (Å²) in [5, 5.41) is 11.3. The van der Waals surface area contributed by atoms with E-state index in [0.717, 1.165) is 4.31 Å². The third kappa shape index (κ3) is 3.84. The average molecular weight is 388 g/mol. The maximum Gasteiger partial charge on any atom is 0.424 e. The molecule has 1 heterocycles. The Labute approximate surface area is 152 Å². The first-order valence-electron chi connectivity index (χ1n) is 8.12. The Hall–Kier alpha value is -1.72. The molecule has 2 fully saturated rings. The van der Waals surface area contributed by atoms with Gasteiger partial charge in [-0.25, -0.2) is 13.2 Å². The Bertz CT molecular complexity index is 775. The van der Waals surface area contributed by atoms with Crippen LogP contribution in [-0.4, -0.2) is 48.1 Å². The van der Waals surface area contributed by atoms with Crippen molar-refractivity contribution < 1.29 is 33.6 Å². The number of ether oxygens (including phenoxy) is 2. The highest BCUT2D eigenvalue weighted by Crippen LogP contribution is 2.43. The van der Waals surface area contributed by atoms with Crippen molar-refractivity contribution in [1.82, 2.24) is 4.31 Å². The predicted molar refractivity (Wildman–Crippen MR) is 92.0 cm³/mol. The van der Waals surface area contributed by atoms with Gasteiger partial charge in [0, 0.05) is 6.07 Å². The molecule has 4 N–H and O–H groups in total. The van der Waals surface area contributed by atoms with Gasteiger partial charge in [0.1, 0.15) is 22.3 Å². The molecule has 0 aromatic heterocycles. The maximum absolute atomic E-state index is 13.2. The molecule has 1 saturated heterocycles. The van der Waals surface area contributed by atoms with E-state index in [0.29, 0.717) is 18.3 Å². The van der Waals surface area contributed by atoms with E-state index in [-0.39, 0.29) is 28.3 Å². The number of carbonyl (C=O) groups excluding carboxylic acids is 1. The number of benzene rings is 1. The molecule has 0 spiro atoms. The topological polar surface area (TPSA) is 147 Å². The second-order valence-corrected chi connectivity index (χ2v) is 9.00. The quantitative estimate of drug-likeness (QED) is 0.449. The van der Waals surface area contributed by atoms with Gasteiger partial charge < -0.3 is 25.6 Å². The van der Waals surface area contributed by atoms with Crippen LogP contribution in [0, 0.1) is 5.21 Å². The molecule has 26 heavy (non-hydrogen) atoms. The summed E-state index contributed by atoms with van der Waals surface area (Å²) in [5.74, 6) is 0. The van der Waals surface area contributed by atoms with Crippen LogP contribution in [0.5, 0.6) is 0 Å². The number of quaternary nitrogens is 1. The smallest absolute Gasteiger partial charge is 0.424 e. The summed E-state index contributed by atoms with van der Waals surface area (Å²) in [4.78, 5) is 12.5. The van der Waals surface area contributed by atoms with Crippen molar-refractivity contribution in [2.45, 2.75) is 62.4 Å². The highest BCUT2D eigenvalue weighted by molar-refractivity contribution is 7.89. The van der Waals surface area contributed by atoms with Crippen molar-refractivity contribution in [1.29, 1.82) is 0 Å². The van der Waals surface area contributed by atoms with Crippen LogP contribution in [-0.2, 0) is 19.5 Å². The minimum Gasteiger partial charge on any atom is -0.630 e. The predicted octanol–water partition coefficient (Wildman–Crippen LogP) is 0.410. The van der Waals surface area contributed by atoms with Crippen LogP contribution in [0.4, 0.5) is 10.5 Å². The number of hydrogen-bond acceptors (Lipinski definition) is 6. The third-order valence-corrected chi connectivity index (χ3v) is 6.07. The number of carbonyl (C=O) groups is 1. The molecule has 2 aliphatic rings. The number of fused-ring (bicyclic) bond motifs is 1. The Morgan fingerprint density at radius 3 is 2.46 bits per heavy atom. The zero-order valence-corrected chi connectivity index (χ0v) is 15.7. The van der Waals surface area contributed by atoms with Gasteiger partial charge in [0.05, 0.1) is 12.1 Å². The normalized spacial score (nSPS) is 24.4. The lowest BCUT2D eigenvalue weighted by atomic mass is 10.2. The average Bonchev–Trinajstić information content (AvgIpc) is 3.19. The first-order chi connectivity index (χ1) is 11.6. The summed E-state index contributed by atoms with van der Waals surface area (Å²) in [5.41, 5.74) is -0.384. The van der Waals surface area contributed by atoms with Crippen LogP contribution in [0.25, 0.3) is 0 Å². The molecule has 1 aliphatic carbocycles. The van der Waals surface area contributed by atoms with Gasteiger partial charge in [0.25, 0.3) is 10.0 Å². The van der Waals surface area contributed by atoms with E-state index in [4.69, 9.17) is 9.47 Å². The Balaban J connectivity index is 0.00000243. The first-order valence-corrected chi connectivity index (χ1v) is 9.56. The van der Waals surface area contributed by atoms with Crippen LogP contribution in [0.2, 0.25) is 0 Å². The van der Waals surface area contributed by atoms with Gasteiger partial charge in [-0.2, -0.15) is 4.31 Å². The van der Waals surface area contributed by atoms with Gasteiger partial charge in [-0.15, -0.1) is 0 Å². The fourth-order valence-electron chi connectivity index (χ4n) is 3.11. The summed E-state index contributed by atoms with van der Waals surface area (Å²) >= 11 is 0. The van der Waals surface area contributed by atoms with Gasteiger partial charge in [-0.1, -0.05) is 12.1 Å². The van der Waals surface area contributed by atoms with Gasteiger partial charge in [-0.3, -0.25) is 0 Å². The van der Waals surface area contributed by atoms with Crippen molar-refractivity contribution in [3.8, 4) is 0 Å². The maximum atomic E-state index is 13.2. The molecular weight excluding hydrogens is 364 g/mol. The van der Waals surface area contributed by atoms with E-state index in [1.54, 1.807) is 26.8 Å². The molecule has 1 aromatic rings. The van der Waals surface area contributed by atoms with Crippen LogP contribution < -0.4 is 5.48 Å². The van der Waals surface area contributed by atoms with Crippen LogP contribution in [0.3, 0.4) is 0 Å². The fourth-order valence-corrected chi connectivity index (χ4v) is 4.81. The van der Waals surface area contributed by atoms with E-state index >= 15 is 0 Å². The van der Waals surface area contributed by atoms with Gasteiger partial charge >= 0.3 is 6.09 Å². The molecule has 146 valence electrons. The number of sulfonamides is 1. The molecule has 3 atom stereocenters. The molecule has 1 amide bonds. The number of nitrogens with zero attached hydrogens (tertiary/aromatic N) is 1. The second kappa shape index (κ2) is 7.12. The highest BCUT2D eigenvalue weighted by Gasteiger charge is 2.57.